The molecule has 2 amide bonds. The molecule has 2 aliphatic rings. The van der Waals surface area contributed by atoms with Crippen molar-refractivity contribution in [2.75, 3.05) is 19.7 Å². The summed E-state index contributed by atoms with van der Waals surface area (Å²) in [4.78, 5) is 36.6. The van der Waals surface area contributed by atoms with Crippen molar-refractivity contribution in [3.63, 3.8) is 0 Å². The Morgan fingerprint density at radius 1 is 1.29 bits per heavy atom. The van der Waals surface area contributed by atoms with Gasteiger partial charge in [0.1, 0.15) is 12.2 Å². The topological polar surface area (TPSA) is 86.6 Å². The molecular formula is C21H22N4O3. The summed E-state index contributed by atoms with van der Waals surface area (Å²) < 4.78 is 0. The fraction of sp³-hybridized carbons (Fsp3) is 0.333. The van der Waals surface area contributed by atoms with E-state index in [4.69, 9.17) is 0 Å². The summed E-state index contributed by atoms with van der Waals surface area (Å²) in [5, 5.41) is 9.86. The molecule has 1 N–H and O–H groups in total. The lowest BCUT2D eigenvalue weighted by Gasteiger charge is -2.58. The Labute approximate surface area is 163 Å². The minimum absolute atomic E-state index is 0.00460. The lowest BCUT2D eigenvalue weighted by atomic mass is 9.73. The fourth-order valence-electron chi connectivity index (χ4n) is 4.25. The van der Waals surface area contributed by atoms with Crippen molar-refractivity contribution in [1.29, 1.82) is 0 Å². The van der Waals surface area contributed by atoms with Gasteiger partial charge in [-0.25, -0.2) is 4.98 Å². The molecule has 0 unspecified atom stereocenters. The molecule has 2 aromatic rings. The number of nitrogens with zero attached hydrogens (tertiary/aromatic N) is 4. The molecule has 0 radical (unpaired) electrons. The van der Waals surface area contributed by atoms with Crippen LogP contribution in [0.3, 0.4) is 0 Å². The van der Waals surface area contributed by atoms with Crippen molar-refractivity contribution < 1.29 is 14.7 Å². The number of rotatable bonds is 4. The number of fused-ring (bicyclic) bond motifs is 1. The number of aliphatic hydroxyl groups excluding tert-OH is 1. The summed E-state index contributed by atoms with van der Waals surface area (Å²) in [6, 6.07) is 7.73. The van der Waals surface area contributed by atoms with E-state index in [1.165, 1.54) is 23.5 Å². The highest BCUT2D eigenvalue weighted by Gasteiger charge is 2.54. The number of amides is 2. The van der Waals surface area contributed by atoms with Crippen molar-refractivity contribution in [2.24, 2.45) is 0 Å². The molecule has 0 aliphatic carbocycles. The van der Waals surface area contributed by atoms with Crippen LogP contribution in [-0.2, 0) is 4.79 Å². The Morgan fingerprint density at radius 2 is 2.07 bits per heavy atom. The molecule has 2 aliphatic heterocycles. The monoisotopic (exact) mass is 378 g/mol. The molecule has 1 aromatic carbocycles. The van der Waals surface area contributed by atoms with E-state index >= 15 is 0 Å². The SMILES string of the molecule is C/C=C/c1ccc([C@@H]2[C@H]3CN(C(=O)c4cnccn4)CC(=O)N3[C@H]2CO)cc1. The number of carbonyl (C=O) groups excluding carboxylic acids is 2. The molecular weight excluding hydrogens is 356 g/mol. The predicted molar refractivity (Wildman–Crippen MR) is 103 cm³/mol. The van der Waals surface area contributed by atoms with E-state index in [9.17, 15) is 14.7 Å². The van der Waals surface area contributed by atoms with Crippen molar-refractivity contribution in [3.05, 3.63) is 65.8 Å². The van der Waals surface area contributed by atoms with Crippen LogP contribution in [0.2, 0.25) is 0 Å². The number of hydrogen-bond acceptors (Lipinski definition) is 5. The van der Waals surface area contributed by atoms with Crippen LogP contribution in [0.1, 0.15) is 34.5 Å². The molecule has 0 spiro atoms. The zero-order valence-electron chi connectivity index (χ0n) is 15.6. The Kier molecular flexibility index (Phi) is 4.92. The maximum Gasteiger partial charge on any atom is 0.274 e. The molecule has 2 fully saturated rings. The summed E-state index contributed by atoms with van der Waals surface area (Å²) in [5.74, 6) is -0.448. The molecule has 0 bridgehead atoms. The molecule has 144 valence electrons. The number of aromatic nitrogens is 2. The maximum atomic E-state index is 12.7. The highest BCUT2D eigenvalue weighted by Crippen LogP contribution is 2.43. The molecule has 28 heavy (non-hydrogen) atoms. The van der Waals surface area contributed by atoms with Crippen LogP contribution in [0.25, 0.3) is 6.08 Å². The lowest BCUT2D eigenvalue weighted by molar-refractivity contribution is -0.159. The average Bonchev–Trinajstić information content (AvgIpc) is 2.71. The molecule has 2 saturated heterocycles. The van der Waals surface area contributed by atoms with E-state index in [0.29, 0.717) is 6.54 Å². The summed E-state index contributed by atoms with van der Waals surface area (Å²) in [7, 11) is 0. The third-order valence-electron chi connectivity index (χ3n) is 5.50. The zero-order chi connectivity index (χ0) is 19.7. The minimum Gasteiger partial charge on any atom is -0.394 e. The summed E-state index contributed by atoms with van der Waals surface area (Å²) in [6.07, 6.45) is 8.38. The van der Waals surface area contributed by atoms with Crippen LogP contribution < -0.4 is 0 Å². The summed E-state index contributed by atoms with van der Waals surface area (Å²) in [6.45, 7) is 2.28. The van der Waals surface area contributed by atoms with Crippen LogP contribution in [0, 0.1) is 0 Å². The molecule has 3 heterocycles. The predicted octanol–water partition coefficient (Wildman–Crippen LogP) is 1.32. The van der Waals surface area contributed by atoms with Gasteiger partial charge in [0.05, 0.1) is 24.9 Å². The first-order chi connectivity index (χ1) is 13.6. The van der Waals surface area contributed by atoms with Gasteiger partial charge in [-0.05, 0) is 18.1 Å². The number of carbonyl (C=O) groups is 2. The highest BCUT2D eigenvalue weighted by molar-refractivity contribution is 5.96. The number of piperazine rings is 1. The number of allylic oxidation sites excluding steroid dienone is 1. The van der Waals surface area contributed by atoms with Crippen molar-refractivity contribution >= 4 is 17.9 Å². The van der Waals surface area contributed by atoms with E-state index in [2.05, 4.69) is 9.97 Å². The molecule has 7 heteroatoms. The Bertz CT molecular complexity index is 898. The van der Waals surface area contributed by atoms with Crippen molar-refractivity contribution in [2.45, 2.75) is 24.9 Å². The van der Waals surface area contributed by atoms with E-state index in [1.54, 1.807) is 4.90 Å². The largest absolute Gasteiger partial charge is 0.394 e. The summed E-state index contributed by atoms with van der Waals surface area (Å²) >= 11 is 0. The third kappa shape index (κ3) is 3.07. The quantitative estimate of drug-likeness (QED) is 0.867. The molecule has 3 atom stereocenters. The number of aliphatic hydroxyl groups is 1. The third-order valence-corrected chi connectivity index (χ3v) is 5.50. The van der Waals surface area contributed by atoms with Gasteiger partial charge in [-0.2, -0.15) is 0 Å². The van der Waals surface area contributed by atoms with E-state index in [1.807, 2.05) is 43.3 Å². The number of hydrogen-bond donors (Lipinski definition) is 1. The zero-order valence-corrected chi connectivity index (χ0v) is 15.6. The smallest absolute Gasteiger partial charge is 0.274 e. The average molecular weight is 378 g/mol. The lowest BCUT2D eigenvalue weighted by Crippen LogP contribution is -2.73. The maximum absolute atomic E-state index is 12.7. The first-order valence-corrected chi connectivity index (χ1v) is 9.34. The van der Waals surface area contributed by atoms with Crippen LogP contribution in [0.4, 0.5) is 0 Å². The van der Waals surface area contributed by atoms with Crippen LogP contribution in [-0.4, -0.2) is 68.5 Å². The Hall–Kier alpha value is -3.06. The molecule has 1 aromatic heterocycles. The van der Waals surface area contributed by atoms with Crippen LogP contribution >= 0.6 is 0 Å². The first-order valence-electron chi connectivity index (χ1n) is 9.34. The summed E-state index contributed by atoms with van der Waals surface area (Å²) in [5.41, 5.74) is 2.39. The standard InChI is InChI=1S/C21H22N4O3/c1-2-3-14-4-6-15(7-5-14)20-17-11-24(12-19(27)25(17)18(20)13-26)21(28)16-10-22-8-9-23-16/h2-10,17-18,20,26H,11-13H2,1H3/b3-2+/t17-,18+,20-/m1/s1. The van der Waals surface area contributed by atoms with E-state index in [-0.39, 0.29) is 48.7 Å². The van der Waals surface area contributed by atoms with Gasteiger partial charge in [-0.15, -0.1) is 0 Å². The van der Waals surface area contributed by atoms with Gasteiger partial charge in [0, 0.05) is 24.9 Å². The van der Waals surface area contributed by atoms with Gasteiger partial charge in [0.2, 0.25) is 5.91 Å². The molecule has 4 rings (SSSR count). The Balaban J connectivity index is 1.58. The fourth-order valence-corrected chi connectivity index (χ4v) is 4.25. The van der Waals surface area contributed by atoms with Gasteiger partial charge in [-0.1, -0.05) is 36.4 Å². The van der Waals surface area contributed by atoms with Crippen LogP contribution in [0.5, 0.6) is 0 Å². The van der Waals surface area contributed by atoms with Gasteiger partial charge in [-0.3, -0.25) is 14.6 Å². The normalized spacial score (nSPS) is 24.2. The van der Waals surface area contributed by atoms with E-state index < -0.39 is 0 Å². The van der Waals surface area contributed by atoms with Crippen molar-refractivity contribution in [1.82, 2.24) is 19.8 Å². The van der Waals surface area contributed by atoms with E-state index in [0.717, 1.165) is 11.1 Å². The van der Waals surface area contributed by atoms with Crippen LogP contribution in [0.15, 0.2) is 48.9 Å². The second kappa shape index (κ2) is 7.52. The Morgan fingerprint density at radius 3 is 2.71 bits per heavy atom. The highest BCUT2D eigenvalue weighted by atomic mass is 16.3. The second-order valence-electron chi connectivity index (χ2n) is 7.09. The first kappa shape index (κ1) is 18.3. The minimum atomic E-state index is -0.296. The number of benzene rings is 1. The molecule has 0 saturated carbocycles. The van der Waals surface area contributed by atoms with Gasteiger partial charge >= 0.3 is 0 Å². The van der Waals surface area contributed by atoms with Gasteiger partial charge in [0.15, 0.2) is 0 Å². The van der Waals surface area contributed by atoms with Gasteiger partial charge < -0.3 is 14.9 Å². The van der Waals surface area contributed by atoms with Gasteiger partial charge in [0.25, 0.3) is 5.91 Å². The molecule has 7 nitrogen and oxygen atoms in total. The van der Waals surface area contributed by atoms with Crippen molar-refractivity contribution in [3.8, 4) is 0 Å². The second-order valence-corrected chi connectivity index (χ2v) is 7.09.